The first-order chi connectivity index (χ1) is 28.9. The van der Waals surface area contributed by atoms with Gasteiger partial charge in [0.2, 0.25) is 5.91 Å². The number of hydrogen-bond donors (Lipinski definition) is 4. The molecule has 5 N–H and O–H groups in total. The molecule has 0 aliphatic rings. The Kier molecular flexibility index (Phi) is 42.1. The molecule has 59 heavy (non-hydrogen) atoms. The predicted octanol–water partition coefficient (Wildman–Crippen LogP) is 13.1. The first-order valence-corrected chi connectivity index (χ1v) is 24.2. The van der Waals surface area contributed by atoms with Gasteiger partial charge in [-0.05, 0) is 96.3 Å². The summed E-state index contributed by atoms with van der Waals surface area (Å²) in [6.07, 6.45) is 64.0. The molecule has 0 spiro atoms. The monoisotopic (exact) mass is 839 g/mol. The minimum atomic E-state index is -4.38. The molecular formula is C50H83N2O6P. The lowest BCUT2D eigenvalue weighted by Gasteiger charge is -2.23. The van der Waals surface area contributed by atoms with Crippen molar-refractivity contribution in [3.05, 3.63) is 122 Å². The molecule has 0 fully saturated rings. The molecule has 0 heterocycles. The van der Waals surface area contributed by atoms with Crippen LogP contribution in [0.15, 0.2) is 122 Å². The van der Waals surface area contributed by atoms with E-state index in [-0.39, 0.29) is 25.5 Å². The number of nitrogens with one attached hydrogen (secondary N) is 1. The van der Waals surface area contributed by atoms with Gasteiger partial charge in [0.05, 0.1) is 25.4 Å². The van der Waals surface area contributed by atoms with Crippen molar-refractivity contribution >= 4 is 13.7 Å². The zero-order valence-electron chi connectivity index (χ0n) is 36.9. The van der Waals surface area contributed by atoms with E-state index in [1.54, 1.807) is 6.08 Å². The zero-order valence-corrected chi connectivity index (χ0v) is 37.8. The van der Waals surface area contributed by atoms with E-state index in [1.165, 1.54) is 44.9 Å². The predicted molar refractivity (Wildman–Crippen MR) is 253 cm³/mol. The molecule has 0 saturated carbocycles. The topological polar surface area (TPSA) is 131 Å². The summed E-state index contributed by atoms with van der Waals surface area (Å²) in [6, 6.07) is -0.923. The van der Waals surface area contributed by atoms with Crippen LogP contribution in [0, 0.1) is 0 Å². The van der Waals surface area contributed by atoms with Gasteiger partial charge in [0.1, 0.15) is 0 Å². The fraction of sp³-hybridized carbons (Fsp3) is 0.580. The molecule has 0 aromatic heterocycles. The highest BCUT2D eigenvalue weighted by Gasteiger charge is 2.26. The van der Waals surface area contributed by atoms with E-state index in [0.717, 1.165) is 77.0 Å². The normalized spacial score (nSPS) is 15.1. The van der Waals surface area contributed by atoms with Crippen LogP contribution in [0.1, 0.15) is 155 Å². The van der Waals surface area contributed by atoms with E-state index >= 15 is 0 Å². The number of phosphoric ester groups is 1. The van der Waals surface area contributed by atoms with Crippen molar-refractivity contribution in [2.24, 2.45) is 5.73 Å². The van der Waals surface area contributed by atoms with Crippen molar-refractivity contribution < 1.29 is 28.4 Å². The molecule has 3 unspecified atom stereocenters. The van der Waals surface area contributed by atoms with Crippen LogP contribution in [0.5, 0.6) is 0 Å². The SMILES string of the molecule is CC/C=C\C/C=C\C/C=C\C/C=C\C/C=C\C/C=C\C/C=C\CCCC(=O)NC(COP(=O)(O)OCCN)C(O)/C=C/CC/C=C/CC/C=C/CCCCCCCCC. The summed E-state index contributed by atoms with van der Waals surface area (Å²) in [5, 5.41) is 13.6. The third-order valence-corrected chi connectivity index (χ3v) is 9.98. The van der Waals surface area contributed by atoms with E-state index in [0.29, 0.717) is 12.8 Å². The maximum Gasteiger partial charge on any atom is 0.472 e. The van der Waals surface area contributed by atoms with Crippen LogP contribution < -0.4 is 11.1 Å². The number of amides is 1. The summed E-state index contributed by atoms with van der Waals surface area (Å²) in [5.74, 6) is -0.272. The Morgan fingerprint density at radius 2 is 1.00 bits per heavy atom. The second-order valence-corrected chi connectivity index (χ2v) is 16.0. The fourth-order valence-corrected chi connectivity index (χ4v) is 6.38. The highest BCUT2D eigenvalue weighted by molar-refractivity contribution is 7.47. The zero-order chi connectivity index (χ0) is 43.2. The number of unbranched alkanes of at least 4 members (excludes halogenated alkanes) is 10. The second-order valence-electron chi connectivity index (χ2n) is 14.5. The van der Waals surface area contributed by atoms with Crippen LogP contribution >= 0.6 is 7.82 Å². The van der Waals surface area contributed by atoms with Crippen molar-refractivity contribution in [3.8, 4) is 0 Å². The summed E-state index contributed by atoms with van der Waals surface area (Å²) in [5.41, 5.74) is 5.37. The molecule has 3 atom stereocenters. The Balaban J connectivity index is 4.42. The molecule has 1 amide bonds. The molecular weight excluding hydrogens is 756 g/mol. The molecule has 9 heteroatoms. The minimum absolute atomic E-state index is 0.0553. The van der Waals surface area contributed by atoms with Crippen LogP contribution in [-0.4, -0.2) is 47.8 Å². The number of hydrogen-bond acceptors (Lipinski definition) is 6. The standard InChI is InChI=1S/C50H83N2O6P/c1-3-5-7-9-11-13-15-17-19-21-22-23-24-25-26-28-30-32-34-36-38-40-42-44-50(54)52-48(47-58-59(55,56)57-46-45-51)49(53)43-41-39-37-35-33-31-29-27-20-18-16-14-12-10-8-6-4-2/h5,7,11,13,17,19-20,22-23,25-27,30,32-33,35-36,38,41,43,48-49,53H,3-4,6,8-10,12,14-16,18,21,24,28-29,31,34,37,39-40,42,44-47,51H2,1-2H3,(H,52,54)(H,55,56)/b7-5-,13-11-,19-17-,23-22-,26-25-,27-20+,32-30-,35-33+,38-36-,43-41+. The minimum Gasteiger partial charge on any atom is -0.387 e. The Morgan fingerprint density at radius 3 is 1.51 bits per heavy atom. The summed E-state index contributed by atoms with van der Waals surface area (Å²) >= 11 is 0. The van der Waals surface area contributed by atoms with Crippen LogP contribution in [-0.2, 0) is 18.4 Å². The summed E-state index contributed by atoms with van der Waals surface area (Å²) in [7, 11) is -4.38. The van der Waals surface area contributed by atoms with E-state index in [9.17, 15) is 19.4 Å². The molecule has 0 aliphatic heterocycles. The quantitative estimate of drug-likeness (QED) is 0.0274. The number of aliphatic hydroxyl groups excluding tert-OH is 1. The summed E-state index contributed by atoms with van der Waals surface area (Å²) in [6.45, 7) is 3.91. The van der Waals surface area contributed by atoms with Gasteiger partial charge >= 0.3 is 7.82 Å². The molecule has 334 valence electrons. The van der Waals surface area contributed by atoms with Crippen LogP contribution in [0.2, 0.25) is 0 Å². The lowest BCUT2D eigenvalue weighted by atomic mass is 10.1. The Hall–Kier alpha value is -3.10. The third kappa shape index (κ3) is 42.8. The van der Waals surface area contributed by atoms with Crippen LogP contribution in [0.3, 0.4) is 0 Å². The molecule has 8 nitrogen and oxygen atoms in total. The van der Waals surface area contributed by atoms with Crippen molar-refractivity contribution in [2.45, 2.75) is 167 Å². The number of rotatable bonds is 40. The molecule has 0 aromatic rings. The highest BCUT2D eigenvalue weighted by atomic mass is 31.2. The second kappa shape index (κ2) is 44.5. The average molecular weight is 839 g/mol. The first kappa shape index (κ1) is 55.9. The number of aliphatic hydroxyl groups is 1. The molecule has 0 bridgehead atoms. The summed E-state index contributed by atoms with van der Waals surface area (Å²) in [4.78, 5) is 22.7. The Morgan fingerprint density at radius 1 is 0.576 bits per heavy atom. The van der Waals surface area contributed by atoms with Crippen molar-refractivity contribution in [2.75, 3.05) is 19.8 Å². The number of phosphoric acid groups is 1. The highest BCUT2D eigenvalue weighted by Crippen LogP contribution is 2.43. The fourth-order valence-electron chi connectivity index (χ4n) is 5.62. The maximum atomic E-state index is 12.8. The first-order valence-electron chi connectivity index (χ1n) is 22.7. The van der Waals surface area contributed by atoms with E-state index in [1.807, 2.05) is 6.08 Å². The molecule has 0 saturated heterocycles. The largest absolute Gasteiger partial charge is 0.472 e. The van der Waals surface area contributed by atoms with Gasteiger partial charge in [0, 0.05) is 13.0 Å². The van der Waals surface area contributed by atoms with Gasteiger partial charge in [-0.2, -0.15) is 0 Å². The number of nitrogens with two attached hydrogens (primary N) is 1. The Labute approximate surface area is 360 Å². The van der Waals surface area contributed by atoms with Gasteiger partial charge in [-0.25, -0.2) is 4.57 Å². The molecule has 0 aliphatic carbocycles. The van der Waals surface area contributed by atoms with E-state index < -0.39 is 26.6 Å². The van der Waals surface area contributed by atoms with Gasteiger partial charge in [0.15, 0.2) is 0 Å². The lowest BCUT2D eigenvalue weighted by Crippen LogP contribution is -2.45. The van der Waals surface area contributed by atoms with Gasteiger partial charge < -0.3 is 21.1 Å². The lowest BCUT2D eigenvalue weighted by molar-refractivity contribution is -0.122. The maximum absolute atomic E-state index is 12.8. The molecule has 0 rings (SSSR count). The number of allylic oxidation sites excluding steroid dienone is 19. The van der Waals surface area contributed by atoms with Crippen molar-refractivity contribution in [1.29, 1.82) is 0 Å². The third-order valence-electron chi connectivity index (χ3n) is 9.00. The smallest absolute Gasteiger partial charge is 0.387 e. The van der Waals surface area contributed by atoms with E-state index in [4.69, 9.17) is 14.8 Å². The number of carbonyl (C=O) groups excluding carboxylic acids is 1. The van der Waals surface area contributed by atoms with Gasteiger partial charge in [-0.15, -0.1) is 0 Å². The van der Waals surface area contributed by atoms with E-state index in [2.05, 4.69) is 129 Å². The van der Waals surface area contributed by atoms with Crippen LogP contribution in [0.25, 0.3) is 0 Å². The van der Waals surface area contributed by atoms with Gasteiger partial charge in [-0.1, -0.05) is 174 Å². The van der Waals surface area contributed by atoms with Crippen molar-refractivity contribution in [1.82, 2.24) is 5.32 Å². The Bertz CT molecular complexity index is 1330. The van der Waals surface area contributed by atoms with Gasteiger partial charge in [0.25, 0.3) is 0 Å². The van der Waals surface area contributed by atoms with Gasteiger partial charge in [-0.3, -0.25) is 13.8 Å². The van der Waals surface area contributed by atoms with Crippen molar-refractivity contribution in [3.63, 3.8) is 0 Å². The average Bonchev–Trinajstić information content (AvgIpc) is 3.22. The summed E-state index contributed by atoms with van der Waals surface area (Å²) < 4.78 is 22.1. The number of carbonyl (C=O) groups is 1. The molecule has 0 aromatic carbocycles. The van der Waals surface area contributed by atoms with Crippen LogP contribution in [0.4, 0.5) is 0 Å². The molecule has 0 radical (unpaired) electrons.